The number of halogens is 3. The number of aromatic nitrogens is 2. The van der Waals surface area contributed by atoms with Gasteiger partial charge in [0, 0.05) is 6.42 Å². The Bertz CT molecular complexity index is 311. The van der Waals surface area contributed by atoms with E-state index < -0.39 is 18.7 Å². The summed E-state index contributed by atoms with van der Waals surface area (Å²) < 4.78 is 40.1. The van der Waals surface area contributed by atoms with Gasteiger partial charge < -0.3 is 9.63 Å². The van der Waals surface area contributed by atoms with Crippen molar-refractivity contribution in [2.24, 2.45) is 0 Å². The molecule has 0 bridgehead atoms. The fraction of sp³-hybridized carbons (Fsp3) is 0.750. The minimum Gasteiger partial charge on any atom is -0.385 e. The highest BCUT2D eigenvalue weighted by atomic mass is 19.4. The number of alkyl halides is 3. The first-order chi connectivity index (χ1) is 6.92. The topological polar surface area (TPSA) is 59.2 Å². The monoisotopic (exact) mass is 224 g/mol. The number of hydrogen-bond donors (Lipinski definition) is 1. The highest BCUT2D eigenvalue weighted by Crippen LogP contribution is 2.22. The second-order valence-electron chi connectivity index (χ2n) is 3.09. The minimum atomic E-state index is -4.24. The Kier molecular flexibility index (Phi) is 3.67. The van der Waals surface area contributed by atoms with Crippen LogP contribution in [0.25, 0.3) is 0 Å². The molecule has 7 heteroatoms. The SMILES string of the molecule is CCC(O)c1noc(CCC(F)(F)F)n1. The molecule has 1 unspecified atom stereocenters. The van der Waals surface area contributed by atoms with Crippen molar-refractivity contribution < 1.29 is 22.8 Å². The van der Waals surface area contributed by atoms with Gasteiger partial charge in [-0.1, -0.05) is 12.1 Å². The first kappa shape index (κ1) is 12.0. The maximum atomic E-state index is 11.8. The smallest absolute Gasteiger partial charge is 0.385 e. The largest absolute Gasteiger partial charge is 0.389 e. The van der Waals surface area contributed by atoms with Crippen molar-refractivity contribution in [1.82, 2.24) is 10.1 Å². The van der Waals surface area contributed by atoms with E-state index in [1.807, 2.05) is 0 Å². The fourth-order valence-corrected chi connectivity index (χ4v) is 0.936. The van der Waals surface area contributed by atoms with Crippen LogP contribution in [0.2, 0.25) is 0 Å². The molecule has 15 heavy (non-hydrogen) atoms. The van der Waals surface area contributed by atoms with E-state index in [1.54, 1.807) is 6.92 Å². The average molecular weight is 224 g/mol. The van der Waals surface area contributed by atoms with E-state index in [9.17, 15) is 18.3 Å². The second kappa shape index (κ2) is 4.61. The Balaban J connectivity index is 2.53. The third kappa shape index (κ3) is 3.86. The van der Waals surface area contributed by atoms with Crippen LogP contribution in [0.3, 0.4) is 0 Å². The van der Waals surface area contributed by atoms with Crippen molar-refractivity contribution >= 4 is 0 Å². The Hall–Kier alpha value is -1.11. The first-order valence-corrected chi connectivity index (χ1v) is 4.49. The molecule has 1 rings (SSSR count). The molecule has 1 aromatic rings. The summed E-state index contributed by atoms with van der Waals surface area (Å²) in [6, 6.07) is 0. The van der Waals surface area contributed by atoms with E-state index >= 15 is 0 Å². The highest BCUT2D eigenvalue weighted by Gasteiger charge is 2.28. The lowest BCUT2D eigenvalue weighted by atomic mass is 10.2. The summed E-state index contributed by atoms with van der Waals surface area (Å²) in [6.45, 7) is 1.70. The van der Waals surface area contributed by atoms with Gasteiger partial charge in [-0.05, 0) is 6.42 Å². The van der Waals surface area contributed by atoms with Crippen molar-refractivity contribution in [3.05, 3.63) is 11.7 Å². The Morgan fingerprint density at radius 3 is 2.67 bits per heavy atom. The van der Waals surface area contributed by atoms with Gasteiger partial charge >= 0.3 is 6.18 Å². The Morgan fingerprint density at radius 1 is 1.47 bits per heavy atom. The van der Waals surface area contributed by atoms with Crippen molar-refractivity contribution in [1.29, 1.82) is 0 Å². The van der Waals surface area contributed by atoms with Gasteiger partial charge in [0.15, 0.2) is 5.82 Å². The molecule has 4 nitrogen and oxygen atoms in total. The van der Waals surface area contributed by atoms with Crippen LogP contribution in [0.5, 0.6) is 0 Å². The van der Waals surface area contributed by atoms with Gasteiger partial charge in [-0.15, -0.1) is 0 Å². The number of aryl methyl sites for hydroxylation is 1. The molecule has 0 saturated heterocycles. The molecule has 0 aliphatic carbocycles. The average Bonchev–Trinajstić information content (AvgIpc) is 2.61. The lowest BCUT2D eigenvalue weighted by molar-refractivity contribution is -0.134. The van der Waals surface area contributed by atoms with E-state index in [-0.39, 0.29) is 18.1 Å². The van der Waals surface area contributed by atoms with Crippen LogP contribution < -0.4 is 0 Å². The van der Waals surface area contributed by atoms with Crippen molar-refractivity contribution in [3.8, 4) is 0 Å². The summed E-state index contributed by atoms with van der Waals surface area (Å²) in [7, 11) is 0. The van der Waals surface area contributed by atoms with Gasteiger partial charge in [0.25, 0.3) is 0 Å². The molecular weight excluding hydrogens is 213 g/mol. The summed E-state index contributed by atoms with van der Waals surface area (Å²) in [4.78, 5) is 3.66. The molecular formula is C8H11F3N2O2. The molecule has 0 fully saturated rings. The summed E-state index contributed by atoms with van der Waals surface area (Å²) in [5.41, 5.74) is 0. The predicted molar refractivity (Wildman–Crippen MR) is 43.9 cm³/mol. The van der Waals surface area contributed by atoms with Crippen LogP contribution in [0.4, 0.5) is 13.2 Å². The third-order valence-electron chi connectivity index (χ3n) is 1.79. The molecule has 1 heterocycles. The van der Waals surface area contributed by atoms with E-state index in [4.69, 9.17) is 0 Å². The number of rotatable bonds is 4. The minimum absolute atomic E-state index is 0.0367. The summed E-state index contributed by atoms with van der Waals surface area (Å²) >= 11 is 0. The number of nitrogens with zero attached hydrogens (tertiary/aromatic N) is 2. The van der Waals surface area contributed by atoms with Gasteiger partial charge in [-0.2, -0.15) is 18.2 Å². The summed E-state index contributed by atoms with van der Waals surface area (Å²) in [6.07, 6.45) is -6.09. The normalized spacial score (nSPS) is 14.2. The lowest BCUT2D eigenvalue weighted by Crippen LogP contribution is -2.08. The van der Waals surface area contributed by atoms with Gasteiger partial charge in [0.05, 0.1) is 6.42 Å². The lowest BCUT2D eigenvalue weighted by Gasteiger charge is -2.02. The van der Waals surface area contributed by atoms with E-state index in [0.717, 1.165) is 0 Å². The fourth-order valence-electron chi connectivity index (χ4n) is 0.936. The zero-order chi connectivity index (χ0) is 11.5. The van der Waals surface area contributed by atoms with Gasteiger partial charge in [-0.25, -0.2) is 0 Å². The number of hydrogen-bond acceptors (Lipinski definition) is 4. The number of aliphatic hydroxyl groups is 1. The van der Waals surface area contributed by atoms with Crippen molar-refractivity contribution in [2.45, 2.75) is 38.5 Å². The first-order valence-electron chi connectivity index (χ1n) is 4.49. The molecule has 0 aliphatic heterocycles. The van der Waals surface area contributed by atoms with E-state index in [0.29, 0.717) is 6.42 Å². The van der Waals surface area contributed by atoms with Crippen LogP contribution in [-0.4, -0.2) is 21.4 Å². The van der Waals surface area contributed by atoms with Crippen LogP contribution in [0, 0.1) is 0 Å². The third-order valence-corrected chi connectivity index (χ3v) is 1.79. The van der Waals surface area contributed by atoms with Gasteiger partial charge in [0.2, 0.25) is 5.89 Å². The van der Waals surface area contributed by atoms with Crippen LogP contribution >= 0.6 is 0 Å². The predicted octanol–water partition coefficient (Wildman–Crippen LogP) is 2.01. The van der Waals surface area contributed by atoms with Crippen molar-refractivity contribution in [2.75, 3.05) is 0 Å². The molecule has 0 spiro atoms. The van der Waals surface area contributed by atoms with Gasteiger partial charge in [-0.3, -0.25) is 0 Å². The highest BCUT2D eigenvalue weighted by molar-refractivity contribution is 4.90. The zero-order valence-electron chi connectivity index (χ0n) is 8.08. The molecule has 0 aromatic carbocycles. The van der Waals surface area contributed by atoms with Crippen LogP contribution in [0.1, 0.15) is 37.6 Å². The van der Waals surface area contributed by atoms with Crippen LogP contribution in [0.15, 0.2) is 4.52 Å². The zero-order valence-corrected chi connectivity index (χ0v) is 8.08. The van der Waals surface area contributed by atoms with Gasteiger partial charge in [0.1, 0.15) is 6.10 Å². The number of aliphatic hydroxyl groups excluding tert-OH is 1. The van der Waals surface area contributed by atoms with Crippen LogP contribution in [-0.2, 0) is 6.42 Å². The Labute approximate surface area is 84.1 Å². The molecule has 0 saturated carbocycles. The Morgan fingerprint density at radius 2 is 2.13 bits per heavy atom. The quantitative estimate of drug-likeness (QED) is 0.849. The van der Waals surface area contributed by atoms with E-state index in [1.165, 1.54) is 0 Å². The standard InChI is InChI=1S/C8H11F3N2O2/c1-2-5(14)7-12-6(15-13-7)3-4-8(9,10)11/h5,14H,2-4H2,1H3. The maximum absolute atomic E-state index is 11.8. The van der Waals surface area contributed by atoms with Crippen molar-refractivity contribution in [3.63, 3.8) is 0 Å². The van der Waals surface area contributed by atoms with E-state index in [2.05, 4.69) is 14.7 Å². The molecule has 0 aliphatic rings. The molecule has 1 atom stereocenters. The molecule has 1 N–H and O–H groups in total. The molecule has 86 valence electrons. The summed E-state index contributed by atoms with van der Waals surface area (Å²) in [5, 5.41) is 12.6. The maximum Gasteiger partial charge on any atom is 0.389 e. The summed E-state index contributed by atoms with van der Waals surface area (Å²) in [5.74, 6) is -0.0653. The molecule has 0 amide bonds. The molecule has 0 radical (unpaired) electrons. The molecule has 1 aromatic heterocycles. The second-order valence-corrected chi connectivity index (χ2v) is 3.09.